The van der Waals surface area contributed by atoms with Crippen LogP contribution in [0.25, 0.3) is 0 Å². The van der Waals surface area contributed by atoms with Gasteiger partial charge in [-0.15, -0.1) is 11.3 Å². The molecule has 0 N–H and O–H groups in total. The highest BCUT2D eigenvalue weighted by molar-refractivity contribution is 7.14. The first-order valence-corrected chi connectivity index (χ1v) is 10.6. The highest BCUT2D eigenvalue weighted by Crippen LogP contribution is 2.33. The molecule has 2 heterocycles. The van der Waals surface area contributed by atoms with Gasteiger partial charge in [-0.1, -0.05) is 19.1 Å². The van der Waals surface area contributed by atoms with Crippen molar-refractivity contribution in [3.05, 3.63) is 50.7 Å². The quantitative estimate of drug-likeness (QED) is 0.782. The molecule has 0 unspecified atom stereocenters. The minimum atomic E-state index is 0.234. The third-order valence-electron chi connectivity index (χ3n) is 6.02. The number of aryl methyl sites for hydroxylation is 2. The lowest BCUT2D eigenvalue weighted by Gasteiger charge is -2.37. The normalized spacial score (nSPS) is 20.2. The van der Waals surface area contributed by atoms with E-state index in [0.29, 0.717) is 0 Å². The van der Waals surface area contributed by atoms with E-state index in [2.05, 4.69) is 49.9 Å². The number of piperazine rings is 1. The van der Waals surface area contributed by atoms with Crippen molar-refractivity contribution in [3.63, 3.8) is 0 Å². The van der Waals surface area contributed by atoms with Crippen molar-refractivity contribution in [1.82, 2.24) is 4.90 Å². The van der Waals surface area contributed by atoms with Gasteiger partial charge in [0.1, 0.15) is 0 Å². The third kappa shape index (κ3) is 3.27. The standard InChI is InChI=1S/C22H28N2OS/c1-15-7-8-20-18(13-15)14-21(26-20)22(25)24-11-9-23(10-12-24)19-6-4-5-16(2)17(19)3/h4-6,14-15H,7-13H2,1-3H3/t15-/m1/s1. The van der Waals surface area contributed by atoms with E-state index in [0.717, 1.165) is 49.8 Å². The second kappa shape index (κ2) is 7.07. The fourth-order valence-electron chi connectivity index (χ4n) is 4.20. The molecule has 0 spiro atoms. The number of amides is 1. The first-order chi connectivity index (χ1) is 12.5. The van der Waals surface area contributed by atoms with E-state index in [-0.39, 0.29) is 5.91 Å². The molecule has 1 fully saturated rings. The van der Waals surface area contributed by atoms with E-state index in [1.807, 2.05) is 4.90 Å². The number of benzene rings is 1. The SMILES string of the molecule is Cc1cccc(N2CCN(C(=O)c3cc4c(s3)CC[C@@H](C)C4)CC2)c1C. The summed E-state index contributed by atoms with van der Waals surface area (Å²) < 4.78 is 0. The van der Waals surface area contributed by atoms with Crippen molar-refractivity contribution in [2.45, 2.75) is 40.0 Å². The number of hydrogen-bond acceptors (Lipinski definition) is 3. The molecule has 0 saturated carbocycles. The maximum absolute atomic E-state index is 13.0. The van der Waals surface area contributed by atoms with Crippen molar-refractivity contribution in [2.75, 3.05) is 31.1 Å². The molecule has 4 heteroatoms. The molecule has 4 rings (SSSR count). The van der Waals surface area contributed by atoms with Gasteiger partial charge in [0.25, 0.3) is 5.91 Å². The Hall–Kier alpha value is -1.81. The van der Waals surface area contributed by atoms with Crippen LogP contribution in [-0.2, 0) is 12.8 Å². The van der Waals surface area contributed by atoms with Crippen molar-refractivity contribution in [1.29, 1.82) is 0 Å². The van der Waals surface area contributed by atoms with Gasteiger partial charge in [-0.3, -0.25) is 4.79 Å². The van der Waals surface area contributed by atoms with Crippen LogP contribution < -0.4 is 4.90 Å². The smallest absolute Gasteiger partial charge is 0.264 e. The van der Waals surface area contributed by atoms with Crippen LogP contribution in [0.3, 0.4) is 0 Å². The van der Waals surface area contributed by atoms with Gasteiger partial charge in [-0.25, -0.2) is 0 Å². The van der Waals surface area contributed by atoms with Crippen molar-refractivity contribution < 1.29 is 4.79 Å². The van der Waals surface area contributed by atoms with Crippen molar-refractivity contribution in [2.24, 2.45) is 5.92 Å². The fraction of sp³-hybridized carbons (Fsp3) is 0.500. The number of anilines is 1. The van der Waals surface area contributed by atoms with E-state index in [9.17, 15) is 4.79 Å². The number of carbonyl (C=O) groups is 1. The molecule has 0 bridgehead atoms. The van der Waals surface area contributed by atoms with Gasteiger partial charge in [0, 0.05) is 36.7 Å². The van der Waals surface area contributed by atoms with Crippen LogP contribution in [0, 0.1) is 19.8 Å². The average Bonchev–Trinajstić information content (AvgIpc) is 3.07. The molecule has 3 nitrogen and oxygen atoms in total. The van der Waals surface area contributed by atoms with Crippen LogP contribution >= 0.6 is 11.3 Å². The number of fused-ring (bicyclic) bond motifs is 1. The average molecular weight is 369 g/mol. The lowest BCUT2D eigenvalue weighted by atomic mass is 9.90. The summed E-state index contributed by atoms with van der Waals surface area (Å²) >= 11 is 1.74. The Morgan fingerprint density at radius 3 is 2.69 bits per heavy atom. The zero-order valence-corrected chi connectivity index (χ0v) is 16.9. The maximum atomic E-state index is 13.0. The second-order valence-corrected chi connectivity index (χ2v) is 9.04. The molecular formula is C22H28N2OS. The molecule has 1 saturated heterocycles. The lowest BCUT2D eigenvalue weighted by Crippen LogP contribution is -2.48. The lowest BCUT2D eigenvalue weighted by molar-refractivity contribution is 0.0751. The summed E-state index contributed by atoms with van der Waals surface area (Å²) in [5, 5.41) is 0. The summed E-state index contributed by atoms with van der Waals surface area (Å²) in [5.74, 6) is 0.985. The molecule has 1 aliphatic carbocycles. The zero-order valence-electron chi connectivity index (χ0n) is 16.0. The summed E-state index contributed by atoms with van der Waals surface area (Å²) in [5.41, 5.74) is 5.43. The summed E-state index contributed by atoms with van der Waals surface area (Å²) in [6, 6.07) is 8.67. The molecule has 1 aromatic carbocycles. The predicted octanol–water partition coefficient (Wildman–Crippen LogP) is 4.45. The maximum Gasteiger partial charge on any atom is 0.264 e. The van der Waals surface area contributed by atoms with E-state index in [4.69, 9.17) is 0 Å². The van der Waals surface area contributed by atoms with Gasteiger partial charge in [-0.05, 0) is 67.9 Å². The first-order valence-electron chi connectivity index (χ1n) is 9.75. The molecule has 26 heavy (non-hydrogen) atoms. The monoisotopic (exact) mass is 368 g/mol. The molecule has 2 aliphatic rings. The largest absolute Gasteiger partial charge is 0.368 e. The van der Waals surface area contributed by atoms with Gasteiger partial charge in [0.15, 0.2) is 0 Å². The molecule has 1 amide bonds. The number of carbonyl (C=O) groups excluding carboxylic acids is 1. The predicted molar refractivity (Wildman–Crippen MR) is 110 cm³/mol. The minimum Gasteiger partial charge on any atom is -0.368 e. The molecule has 0 radical (unpaired) electrons. The van der Waals surface area contributed by atoms with E-state index >= 15 is 0 Å². The van der Waals surface area contributed by atoms with Crippen LogP contribution in [0.4, 0.5) is 5.69 Å². The molecule has 2 aromatic rings. The minimum absolute atomic E-state index is 0.234. The Morgan fingerprint density at radius 2 is 1.92 bits per heavy atom. The molecule has 1 aromatic heterocycles. The topological polar surface area (TPSA) is 23.6 Å². The second-order valence-electron chi connectivity index (χ2n) is 7.91. The number of thiophene rings is 1. The van der Waals surface area contributed by atoms with Crippen molar-refractivity contribution in [3.8, 4) is 0 Å². The van der Waals surface area contributed by atoms with Crippen LogP contribution in [0.1, 0.15) is 44.6 Å². The number of rotatable bonds is 2. The molecule has 1 atom stereocenters. The third-order valence-corrected chi connectivity index (χ3v) is 7.25. The highest BCUT2D eigenvalue weighted by Gasteiger charge is 2.26. The van der Waals surface area contributed by atoms with E-state index in [1.165, 1.54) is 33.7 Å². The van der Waals surface area contributed by atoms with Crippen LogP contribution in [-0.4, -0.2) is 37.0 Å². The Kier molecular flexibility index (Phi) is 4.78. The van der Waals surface area contributed by atoms with E-state index in [1.54, 1.807) is 11.3 Å². The molecular weight excluding hydrogens is 340 g/mol. The van der Waals surface area contributed by atoms with Gasteiger partial charge in [0.05, 0.1) is 4.88 Å². The Balaban J connectivity index is 1.43. The summed E-state index contributed by atoms with van der Waals surface area (Å²) in [6.45, 7) is 10.1. The summed E-state index contributed by atoms with van der Waals surface area (Å²) in [6.07, 6.45) is 3.55. The van der Waals surface area contributed by atoms with Crippen molar-refractivity contribution >= 4 is 22.9 Å². The zero-order chi connectivity index (χ0) is 18.3. The van der Waals surface area contributed by atoms with Gasteiger partial charge >= 0.3 is 0 Å². The first kappa shape index (κ1) is 17.6. The summed E-state index contributed by atoms with van der Waals surface area (Å²) in [7, 11) is 0. The highest BCUT2D eigenvalue weighted by atomic mass is 32.1. The fourth-order valence-corrected chi connectivity index (χ4v) is 5.37. The van der Waals surface area contributed by atoms with Crippen LogP contribution in [0.2, 0.25) is 0 Å². The van der Waals surface area contributed by atoms with Gasteiger partial charge in [-0.2, -0.15) is 0 Å². The number of hydrogen-bond donors (Lipinski definition) is 0. The van der Waals surface area contributed by atoms with Gasteiger partial charge in [0.2, 0.25) is 0 Å². The van der Waals surface area contributed by atoms with Crippen LogP contribution in [0.5, 0.6) is 0 Å². The Bertz CT molecular complexity index is 818. The van der Waals surface area contributed by atoms with Crippen LogP contribution in [0.15, 0.2) is 24.3 Å². The summed E-state index contributed by atoms with van der Waals surface area (Å²) in [4.78, 5) is 19.8. The molecule has 1 aliphatic heterocycles. The number of nitrogens with zero attached hydrogens (tertiary/aromatic N) is 2. The molecule has 138 valence electrons. The Morgan fingerprint density at radius 1 is 1.15 bits per heavy atom. The van der Waals surface area contributed by atoms with Gasteiger partial charge < -0.3 is 9.80 Å². The van der Waals surface area contributed by atoms with E-state index < -0.39 is 0 Å². The Labute approximate surface area is 160 Å².